The summed E-state index contributed by atoms with van der Waals surface area (Å²) >= 11 is 1.18. The summed E-state index contributed by atoms with van der Waals surface area (Å²) in [5, 5.41) is 22.8. The van der Waals surface area contributed by atoms with E-state index < -0.39 is 10.8 Å². The highest BCUT2D eigenvalue weighted by Gasteiger charge is 2.34. The lowest BCUT2D eigenvalue weighted by Gasteiger charge is -2.16. The predicted octanol–water partition coefficient (Wildman–Crippen LogP) is 3.54. The number of rotatable bonds is 6. The van der Waals surface area contributed by atoms with E-state index in [-0.39, 0.29) is 34.0 Å². The van der Waals surface area contributed by atoms with Crippen LogP contribution in [-0.4, -0.2) is 40.6 Å². The van der Waals surface area contributed by atoms with Gasteiger partial charge in [-0.15, -0.1) is 10.2 Å². The summed E-state index contributed by atoms with van der Waals surface area (Å²) < 4.78 is 4.95. The molecule has 1 aliphatic rings. The van der Waals surface area contributed by atoms with Crippen LogP contribution < -0.4 is 15.0 Å². The second-order valence-electron chi connectivity index (χ2n) is 7.28. The van der Waals surface area contributed by atoms with Crippen LogP contribution in [-0.2, 0) is 4.79 Å². The van der Waals surface area contributed by atoms with Gasteiger partial charge >= 0.3 is 5.69 Å². The van der Waals surface area contributed by atoms with Gasteiger partial charge < -0.3 is 9.64 Å². The van der Waals surface area contributed by atoms with E-state index >= 15 is 0 Å². The highest BCUT2D eigenvalue weighted by molar-refractivity contribution is 7.15. The third kappa shape index (κ3) is 4.28. The molecule has 0 bridgehead atoms. The number of carbonyl (C=O) groups is 2. The average molecular weight is 453 g/mol. The summed E-state index contributed by atoms with van der Waals surface area (Å²) in [6, 6.07) is 11.7. The third-order valence-corrected chi connectivity index (χ3v) is 6.12. The molecule has 2 heterocycles. The number of ether oxygens (including phenoxy) is 1. The van der Waals surface area contributed by atoms with Gasteiger partial charge in [-0.05, 0) is 31.2 Å². The summed E-state index contributed by atoms with van der Waals surface area (Å²) in [5.74, 6) is -0.616. The zero-order valence-corrected chi connectivity index (χ0v) is 18.1. The van der Waals surface area contributed by atoms with Gasteiger partial charge in [-0.1, -0.05) is 29.0 Å². The molecule has 1 unspecified atom stereocenters. The Morgan fingerprint density at radius 1 is 1.25 bits per heavy atom. The number of aromatic nitrogens is 2. The van der Waals surface area contributed by atoms with Crippen molar-refractivity contribution >= 4 is 39.7 Å². The maximum absolute atomic E-state index is 12.5. The van der Waals surface area contributed by atoms with Gasteiger partial charge in [0.1, 0.15) is 5.01 Å². The average Bonchev–Trinajstić information content (AvgIpc) is 3.40. The fourth-order valence-electron chi connectivity index (χ4n) is 3.44. The van der Waals surface area contributed by atoms with Crippen molar-refractivity contribution in [3.05, 3.63) is 68.7 Å². The molecule has 1 atom stereocenters. The van der Waals surface area contributed by atoms with Gasteiger partial charge in [-0.2, -0.15) is 0 Å². The number of anilines is 2. The van der Waals surface area contributed by atoms with Crippen molar-refractivity contribution in [1.82, 2.24) is 10.2 Å². The topological polar surface area (TPSA) is 128 Å². The minimum absolute atomic E-state index is 0.00480. The van der Waals surface area contributed by atoms with E-state index in [9.17, 15) is 19.7 Å². The highest BCUT2D eigenvalue weighted by Crippen LogP contribution is 2.34. The normalized spacial score (nSPS) is 15.6. The number of nitrogens with one attached hydrogen (secondary N) is 1. The Morgan fingerprint density at radius 2 is 2.00 bits per heavy atom. The number of carbonyl (C=O) groups excluding carboxylic acids is 2. The molecule has 0 saturated carbocycles. The van der Waals surface area contributed by atoms with Crippen LogP contribution >= 0.6 is 11.3 Å². The Morgan fingerprint density at radius 3 is 2.69 bits per heavy atom. The number of hydrogen-bond acceptors (Lipinski definition) is 8. The molecular weight excluding hydrogens is 434 g/mol. The number of benzene rings is 2. The van der Waals surface area contributed by atoms with E-state index in [1.165, 1.54) is 30.6 Å². The monoisotopic (exact) mass is 453 g/mol. The van der Waals surface area contributed by atoms with Crippen LogP contribution in [0.4, 0.5) is 16.5 Å². The molecule has 3 aromatic rings. The van der Waals surface area contributed by atoms with E-state index in [0.717, 1.165) is 17.3 Å². The fourth-order valence-corrected chi connectivity index (χ4v) is 4.27. The molecule has 0 spiro atoms. The number of nitro groups is 1. The summed E-state index contributed by atoms with van der Waals surface area (Å²) in [6.07, 6.45) is 0.307. The second kappa shape index (κ2) is 8.71. The molecular formula is C21H19N5O5S. The largest absolute Gasteiger partial charge is 0.490 e. The first-order chi connectivity index (χ1) is 15.4. The fraction of sp³-hybridized carbons (Fsp3) is 0.238. The molecule has 1 saturated heterocycles. The summed E-state index contributed by atoms with van der Waals surface area (Å²) in [5.41, 5.74) is 1.74. The van der Waals surface area contributed by atoms with E-state index in [0.29, 0.717) is 18.0 Å². The molecule has 1 aromatic heterocycles. The first kappa shape index (κ1) is 21.4. The van der Waals surface area contributed by atoms with E-state index in [4.69, 9.17) is 4.74 Å². The van der Waals surface area contributed by atoms with E-state index in [1.54, 1.807) is 4.90 Å². The summed E-state index contributed by atoms with van der Waals surface area (Å²) in [4.78, 5) is 37.3. The maximum Gasteiger partial charge on any atom is 0.311 e. The molecule has 2 amide bonds. The number of aryl methyl sites for hydroxylation is 1. The lowest BCUT2D eigenvalue weighted by molar-refractivity contribution is -0.385. The summed E-state index contributed by atoms with van der Waals surface area (Å²) in [6.45, 7) is 2.47. The van der Waals surface area contributed by atoms with Crippen LogP contribution in [0.5, 0.6) is 5.75 Å². The zero-order valence-electron chi connectivity index (χ0n) is 17.3. The number of amides is 2. The zero-order chi connectivity index (χ0) is 22.8. The van der Waals surface area contributed by atoms with Crippen molar-refractivity contribution in [2.24, 2.45) is 0 Å². The Kier molecular flexibility index (Phi) is 5.82. The Labute approximate surface area is 187 Å². The molecule has 0 radical (unpaired) electrons. The van der Waals surface area contributed by atoms with Gasteiger partial charge in [0.25, 0.3) is 5.91 Å². The molecule has 1 aliphatic heterocycles. The molecule has 2 aromatic carbocycles. The van der Waals surface area contributed by atoms with Crippen molar-refractivity contribution in [2.45, 2.75) is 19.3 Å². The molecule has 32 heavy (non-hydrogen) atoms. The van der Waals surface area contributed by atoms with Gasteiger partial charge in [-0.25, -0.2) is 0 Å². The number of hydrogen-bond donors (Lipinski definition) is 1. The summed E-state index contributed by atoms with van der Waals surface area (Å²) in [7, 11) is 1.32. The van der Waals surface area contributed by atoms with Crippen molar-refractivity contribution in [2.75, 3.05) is 23.9 Å². The Hall–Kier alpha value is -3.86. The van der Waals surface area contributed by atoms with Crippen LogP contribution in [0.15, 0.2) is 42.5 Å². The minimum atomic E-state index is -0.616. The van der Waals surface area contributed by atoms with Crippen LogP contribution in [0.25, 0.3) is 0 Å². The van der Waals surface area contributed by atoms with Crippen LogP contribution in [0, 0.1) is 17.0 Å². The van der Waals surface area contributed by atoms with E-state index in [1.807, 2.05) is 31.2 Å². The highest BCUT2D eigenvalue weighted by atomic mass is 32.1. The van der Waals surface area contributed by atoms with Crippen LogP contribution in [0.2, 0.25) is 0 Å². The molecule has 1 fully saturated rings. The maximum atomic E-state index is 12.5. The van der Waals surface area contributed by atoms with Gasteiger partial charge in [0.2, 0.25) is 11.0 Å². The van der Waals surface area contributed by atoms with Crippen molar-refractivity contribution in [3.8, 4) is 5.75 Å². The smallest absolute Gasteiger partial charge is 0.311 e. The Bertz CT molecular complexity index is 1190. The lowest BCUT2D eigenvalue weighted by Crippen LogP contribution is -2.24. The number of nitrogens with zero attached hydrogens (tertiary/aromatic N) is 4. The van der Waals surface area contributed by atoms with Crippen LogP contribution in [0.1, 0.15) is 33.3 Å². The van der Waals surface area contributed by atoms with Gasteiger partial charge in [0.15, 0.2) is 5.75 Å². The molecule has 11 heteroatoms. The first-order valence-corrected chi connectivity index (χ1v) is 10.5. The van der Waals surface area contributed by atoms with Gasteiger partial charge in [-0.3, -0.25) is 25.0 Å². The number of methoxy groups -OCH3 is 1. The van der Waals surface area contributed by atoms with Gasteiger partial charge in [0, 0.05) is 36.2 Å². The van der Waals surface area contributed by atoms with Gasteiger partial charge in [0.05, 0.1) is 12.0 Å². The first-order valence-electron chi connectivity index (χ1n) is 9.70. The van der Waals surface area contributed by atoms with E-state index in [2.05, 4.69) is 15.5 Å². The van der Waals surface area contributed by atoms with Crippen molar-refractivity contribution in [1.29, 1.82) is 0 Å². The lowest BCUT2D eigenvalue weighted by atomic mass is 10.1. The molecule has 164 valence electrons. The van der Waals surface area contributed by atoms with Crippen molar-refractivity contribution < 1.29 is 19.2 Å². The quantitative estimate of drug-likeness (QED) is 0.447. The third-order valence-electron chi connectivity index (χ3n) is 5.12. The van der Waals surface area contributed by atoms with Crippen molar-refractivity contribution in [3.63, 3.8) is 0 Å². The predicted molar refractivity (Wildman–Crippen MR) is 118 cm³/mol. The standard InChI is InChI=1S/C21H19N5O5S/c1-12-3-6-15(7-4-12)25-11-14(10-18(25)27)20-23-24-21(32-20)22-19(28)13-5-8-17(31-2)16(9-13)26(29)30/h3-9,14H,10-11H2,1-2H3,(H,22,24,28). The number of nitro benzene ring substituents is 1. The Balaban J connectivity index is 1.46. The molecule has 4 rings (SSSR count). The molecule has 0 aliphatic carbocycles. The second-order valence-corrected chi connectivity index (χ2v) is 8.29. The van der Waals surface area contributed by atoms with Crippen LogP contribution in [0.3, 0.4) is 0 Å². The molecule has 1 N–H and O–H groups in total. The SMILES string of the molecule is COc1ccc(C(=O)Nc2nnc(C3CC(=O)N(c4ccc(C)cc4)C3)s2)cc1[N+](=O)[O-]. The minimum Gasteiger partial charge on any atom is -0.490 e. The molecule has 10 nitrogen and oxygen atoms in total.